The van der Waals surface area contributed by atoms with Gasteiger partial charge in [-0.2, -0.15) is 0 Å². The van der Waals surface area contributed by atoms with Crippen LogP contribution >= 0.6 is 0 Å². The summed E-state index contributed by atoms with van der Waals surface area (Å²) in [6, 6.07) is 4.45. The van der Waals surface area contributed by atoms with Crippen LogP contribution in [-0.2, 0) is 11.2 Å². The van der Waals surface area contributed by atoms with Crippen LogP contribution in [0.15, 0.2) is 18.2 Å². The Balaban J connectivity index is 2.97. The second-order valence-corrected chi connectivity index (χ2v) is 4.57. The summed E-state index contributed by atoms with van der Waals surface area (Å²) >= 11 is 0. The first-order chi connectivity index (χ1) is 8.43. The number of rotatable bonds is 6. The Hall–Kier alpha value is -1.91. The summed E-state index contributed by atoms with van der Waals surface area (Å²) in [6.07, 6.45) is 0.500. The van der Waals surface area contributed by atoms with Crippen molar-refractivity contribution >= 4 is 11.5 Å². The molecule has 0 radical (unpaired) electrons. The molecular formula is C13H17NO4. The zero-order valence-corrected chi connectivity index (χ0v) is 10.8. The Labute approximate surface area is 106 Å². The van der Waals surface area contributed by atoms with Crippen LogP contribution in [0.5, 0.6) is 5.75 Å². The maximum absolute atomic E-state index is 11.7. The van der Waals surface area contributed by atoms with Crippen molar-refractivity contribution in [3.8, 4) is 5.75 Å². The van der Waals surface area contributed by atoms with E-state index in [1.165, 1.54) is 19.2 Å². The number of ether oxygens (including phenoxy) is 1. The SMILES string of the molecule is COc1ccc([N+](=O)[O-])c(CC(=O)CC(C)C)c1. The smallest absolute Gasteiger partial charge is 0.273 e. The summed E-state index contributed by atoms with van der Waals surface area (Å²) in [5.41, 5.74) is 0.373. The molecule has 0 aliphatic rings. The van der Waals surface area contributed by atoms with E-state index in [2.05, 4.69) is 0 Å². The molecule has 98 valence electrons. The first kappa shape index (κ1) is 14.2. The first-order valence-electron chi connectivity index (χ1n) is 5.77. The van der Waals surface area contributed by atoms with Gasteiger partial charge in [0.05, 0.1) is 12.0 Å². The van der Waals surface area contributed by atoms with E-state index in [9.17, 15) is 14.9 Å². The van der Waals surface area contributed by atoms with Crippen LogP contribution < -0.4 is 4.74 Å². The molecule has 5 nitrogen and oxygen atoms in total. The van der Waals surface area contributed by atoms with Crippen LogP contribution in [0.3, 0.4) is 0 Å². The lowest BCUT2D eigenvalue weighted by Gasteiger charge is -2.07. The second-order valence-electron chi connectivity index (χ2n) is 4.57. The van der Waals surface area contributed by atoms with Crippen LogP contribution in [0.4, 0.5) is 5.69 Å². The maximum atomic E-state index is 11.7. The van der Waals surface area contributed by atoms with E-state index in [0.717, 1.165) is 0 Å². The number of nitro benzene ring substituents is 1. The van der Waals surface area contributed by atoms with E-state index in [1.54, 1.807) is 6.07 Å². The molecule has 0 aliphatic carbocycles. The van der Waals surface area contributed by atoms with Crippen molar-refractivity contribution in [2.75, 3.05) is 7.11 Å². The van der Waals surface area contributed by atoms with Crippen LogP contribution in [0.25, 0.3) is 0 Å². The third kappa shape index (κ3) is 3.84. The number of ketones is 1. The van der Waals surface area contributed by atoms with Crippen molar-refractivity contribution in [2.45, 2.75) is 26.7 Å². The van der Waals surface area contributed by atoms with E-state index < -0.39 is 4.92 Å². The molecular weight excluding hydrogens is 234 g/mol. The van der Waals surface area contributed by atoms with Crippen LogP contribution in [-0.4, -0.2) is 17.8 Å². The van der Waals surface area contributed by atoms with Crippen molar-refractivity contribution in [1.29, 1.82) is 0 Å². The quantitative estimate of drug-likeness (QED) is 0.575. The zero-order chi connectivity index (χ0) is 13.7. The van der Waals surface area contributed by atoms with E-state index in [1.807, 2.05) is 13.8 Å². The Bertz CT molecular complexity index is 454. The fraction of sp³-hybridized carbons (Fsp3) is 0.462. The summed E-state index contributed by atoms with van der Waals surface area (Å²) in [5, 5.41) is 10.9. The van der Waals surface area contributed by atoms with E-state index in [0.29, 0.717) is 17.7 Å². The Morgan fingerprint density at radius 2 is 2.11 bits per heavy atom. The van der Waals surface area contributed by atoms with Gasteiger partial charge < -0.3 is 4.74 Å². The molecule has 0 N–H and O–H groups in total. The van der Waals surface area contributed by atoms with Crippen LogP contribution in [0.1, 0.15) is 25.8 Å². The maximum Gasteiger partial charge on any atom is 0.273 e. The summed E-state index contributed by atoms with van der Waals surface area (Å²) in [7, 11) is 1.49. The van der Waals surface area contributed by atoms with Gasteiger partial charge in [-0.05, 0) is 18.1 Å². The van der Waals surface area contributed by atoms with Crippen molar-refractivity contribution < 1.29 is 14.5 Å². The molecule has 5 heteroatoms. The standard InChI is InChI=1S/C13H17NO4/c1-9(2)6-11(15)7-10-8-12(18-3)4-5-13(10)14(16)17/h4-5,8-9H,6-7H2,1-3H3. The molecule has 1 aromatic rings. The number of nitro groups is 1. The number of carbonyl (C=O) groups excluding carboxylic acids is 1. The number of hydrogen-bond acceptors (Lipinski definition) is 4. The highest BCUT2D eigenvalue weighted by Gasteiger charge is 2.17. The lowest BCUT2D eigenvalue weighted by atomic mass is 10.00. The molecule has 0 heterocycles. The van der Waals surface area contributed by atoms with Crippen molar-refractivity contribution in [1.82, 2.24) is 0 Å². The molecule has 1 rings (SSSR count). The molecule has 0 unspecified atom stereocenters. The number of nitrogens with zero attached hydrogens (tertiary/aromatic N) is 1. The Morgan fingerprint density at radius 1 is 1.44 bits per heavy atom. The molecule has 0 fully saturated rings. The van der Waals surface area contributed by atoms with E-state index >= 15 is 0 Å². The monoisotopic (exact) mass is 251 g/mol. The zero-order valence-electron chi connectivity index (χ0n) is 10.8. The van der Waals surface area contributed by atoms with Crippen LogP contribution in [0.2, 0.25) is 0 Å². The molecule has 0 saturated carbocycles. The van der Waals surface area contributed by atoms with Gasteiger partial charge in [0, 0.05) is 24.5 Å². The topological polar surface area (TPSA) is 69.4 Å². The average Bonchev–Trinajstić information content (AvgIpc) is 2.27. The highest BCUT2D eigenvalue weighted by atomic mass is 16.6. The normalized spacial score (nSPS) is 10.4. The van der Waals surface area contributed by atoms with E-state index in [-0.39, 0.29) is 23.8 Å². The number of methoxy groups -OCH3 is 1. The van der Waals surface area contributed by atoms with Crippen molar-refractivity contribution in [3.63, 3.8) is 0 Å². The Kier molecular flexibility index (Phi) is 4.83. The first-order valence-corrected chi connectivity index (χ1v) is 5.77. The number of Topliss-reactive ketones (excluding diaryl/α,β-unsaturated/α-hetero) is 1. The molecule has 18 heavy (non-hydrogen) atoms. The third-order valence-corrected chi connectivity index (χ3v) is 2.51. The van der Waals surface area contributed by atoms with Crippen molar-refractivity contribution in [2.24, 2.45) is 5.92 Å². The predicted octanol–water partition coefficient (Wildman–Crippen LogP) is 2.76. The van der Waals surface area contributed by atoms with Gasteiger partial charge in [-0.1, -0.05) is 13.8 Å². The second kappa shape index (κ2) is 6.14. The molecule has 0 atom stereocenters. The highest BCUT2D eigenvalue weighted by molar-refractivity contribution is 5.82. The molecule has 0 bridgehead atoms. The van der Waals surface area contributed by atoms with E-state index in [4.69, 9.17) is 4.74 Å². The fourth-order valence-corrected chi connectivity index (χ4v) is 1.75. The molecule has 0 amide bonds. The third-order valence-electron chi connectivity index (χ3n) is 2.51. The molecule has 0 saturated heterocycles. The molecule has 0 aliphatic heterocycles. The number of benzene rings is 1. The minimum Gasteiger partial charge on any atom is -0.497 e. The largest absolute Gasteiger partial charge is 0.497 e. The number of hydrogen-bond donors (Lipinski definition) is 0. The van der Waals surface area contributed by atoms with Gasteiger partial charge >= 0.3 is 0 Å². The fourth-order valence-electron chi connectivity index (χ4n) is 1.75. The minimum absolute atomic E-state index is 0.00125. The highest BCUT2D eigenvalue weighted by Crippen LogP contribution is 2.25. The van der Waals surface area contributed by atoms with Crippen molar-refractivity contribution in [3.05, 3.63) is 33.9 Å². The van der Waals surface area contributed by atoms with Gasteiger partial charge in [-0.15, -0.1) is 0 Å². The van der Waals surface area contributed by atoms with Gasteiger partial charge in [-0.25, -0.2) is 0 Å². The summed E-state index contributed by atoms with van der Waals surface area (Å²) in [6.45, 7) is 3.88. The molecule has 1 aromatic carbocycles. The van der Waals surface area contributed by atoms with Gasteiger partial charge in [0.2, 0.25) is 0 Å². The van der Waals surface area contributed by atoms with Gasteiger partial charge in [0.15, 0.2) is 0 Å². The molecule has 0 spiro atoms. The summed E-state index contributed by atoms with van der Waals surface area (Å²) in [4.78, 5) is 22.1. The average molecular weight is 251 g/mol. The van der Waals surface area contributed by atoms with Crippen LogP contribution in [0, 0.1) is 16.0 Å². The van der Waals surface area contributed by atoms with Gasteiger partial charge in [0.1, 0.15) is 11.5 Å². The van der Waals surface area contributed by atoms with Gasteiger partial charge in [0.25, 0.3) is 5.69 Å². The lowest BCUT2D eigenvalue weighted by molar-refractivity contribution is -0.385. The minimum atomic E-state index is -0.475. The summed E-state index contributed by atoms with van der Waals surface area (Å²) < 4.78 is 5.02. The lowest BCUT2D eigenvalue weighted by Crippen LogP contribution is -2.08. The Morgan fingerprint density at radius 3 is 2.61 bits per heavy atom. The van der Waals surface area contributed by atoms with Gasteiger partial charge in [-0.3, -0.25) is 14.9 Å². The number of carbonyl (C=O) groups is 1. The predicted molar refractivity (Wildman–Crippen MR) is 67.8 cm³/mol. The molecule has 0 aromatic heterocycles. The summed E-state index contributed by atoms with van der Waals surface area (Å²) in [5.74, 6) is 0.775.